The molecule has 0 bridgehead atoms. The quantitative estimate of drug-likeness (QED) is 0.173. The summed E-state index contributed by atoms with van der Waals surface area (Å²) in [6.45, 7) is 3.45. The number of nitrogens with zero attached hydrogens (tertiary/aromatic N) is 2. The first-order valence-electron chi connectivity index (χ1n) is 14.3. The van der Waals surface area contributed by atoms with Crippen LogP contribution in [0.5, 0.6) is 5.75 Å². The molecule has 0 aliphatic heterocycles. The molecule has 236 valence electrons. The van der Waals surface area contributed by atoms with Crippen LogP contribution in [-0.2, 0) is 32.6 Å². The number of likely N-dealkylation sites (N-methyl/N-ethyl adjacent to an activating group) is 1. The summed E-state index contributed by atoms with van der Waals surface area (Å²) in [6.07, 6.45) is 0.220. The highest BCUT2D eigenvalue weighted by atomic mass is 79.9. The maximum Gasteiger partial charge on any atom is 0.264 e. The van der Waals surface area contributed by atoms with E-state index in [1.54, 1.807) is 31.2 Å². The number of sulfonamides is 1. The van der Waals surface area contributed by atoms with E-state index < -0.39 is 28.5 Å². The topological polar surface area (TPSA) is 96.0 Å². The van der Waals surface area contributed by atoms with Crippen molar-refractivity contribution in [1.82, 2.24) is 10.2 Å². The molecule has 1 unspecified atom stereocenters. The van der Waals surface area contributed by atoms with E-state index in [0.717, 1.165) is 25.5 Å². The molecule has 11 heteroatoms. The molecule has 1 N–H and O–H groups in total. The standard InChI is InChI=1S/C34H35BrClN3O5S/c1-4-37-34(41)31(20-25-9-6-5-7-10-25)38(22-26-11-8-12-27(35)19-26)33(40)23-39(30-21-28(36)15-18-32(30)44-3)45(42,43)29-16-13-24(2)14-17-29/h5-19,21,31H,4,20,22-23H2,1-3H3,(H,37,41). The number of benzene rings is 4. The molecule has 0 aliphatic carbocycles. The predicted molar refractivity (Wildman–Crippen MR) is 181 cm³/mol. The predicted octanol–water partition coefficient (Wildman–Crippen LogP) is 6.39. The second-order valence-electron chi connectivity index (χ2n) is 10.4. The van der Waals surface area contributed by atoms with Crippen LogP contribution in [0.1, 0.15) is 23.6 Å². The monoisotopic (exact) mass is 711 g/mol. The second kappa shape index (κ2) is 15.4. The van der Waals surface area contributed by atoms with Crippen molar-refractivity contribution in [2.24, 2.45) is 0 Å². The zero-order valence-corrected chi connectivity index (χ0v) is 28.4. The Balaban J connectivity index is 1.85. The summed E-state index contributed by atoms with van der Waals surface area (Å²) < 4.78 is 35.8. The Morgan fingerprint density at radius 1 is 0.933 bits per heavy atom. The lowest BCUT2D eigenvalue weighted by molar-refractivity contribution is -0.140. The number of hydrogen-bond acceptors (Lipinski definition) is 5. The van der Waals surface area contributed by atoms with E-state index in [4.69, 9.17) is 16.3 Å². The van der Waals surface area contributed by atoms with Gasteiger partial charge in [-0.05, 0) is 67.4 Å². The molecule has 0 saturated heterocycles. The zero-order chi connectivity index (χ0) is 32.6. The molecule has 0 radical (unpaired) electrons. The molecule has 4 aromatic carbocycles. The van der Waals surface area contributed by atoms with Gasteiger partial charge in [0.15, 0.2) is 0 Å². The number of aryl methyl sites for hydroxylation is 1. The summed E-state index contributed by atoms with van der Waals surface area (Å²) in [5, 5.41) is 3.12. The molecule has 0 aromatic heterocycles. The van der Waals surface area contributed by atoms with E-state index in [-0.39, 0.29) is 40.2 Å². The van der Waals surface area contributed by atoms with Gasteiger partial charge in [-0.1, -0.05) is 87.7 Å². The first kappa shape index (κ1) is 34.0. The lowest BCUT2D eigenvalue weighted by Gasteiger charge is -2.34. The van der Waals surface area contributed by atoms with E-state index in [0.29, 0.717) is 6.54 Å². The van der Waals surface area contributed by atoms with Crippen molar-refractivity contribution < 1.29 is 22.7 Å². The van der Waals surface area contributed by atoms with Gasteiger partial charge in [-0.25, -0.2) is 8.42 Å². The summed E-state index contributed by atoms with van der Waals surface area (Å²) in [5.74, 6) is -0.719. The van der Waals surface area contributed by atoms with Crippen LogP contribution in [0.4, 0.5) is 5.69 Å². The van der Waals surface area contributed by atoms with Crippen LogP contribution in [0, 0.1) is 6.92 Å². The first-order chi connectivity index (χ1) is 21.5. The van der Waals surface area contributed by atoms with Crippen LogP contribution in [-0.4, -0.2) is 51.4 Å². The molecule has 2 amide bonds. The van der Waals surface area contributed by atoms with Crippen LogP contribution in [0.15, 0.2) is 106 Å². The SMILES string of the molecule is CCNC(=O)C(Cc1ccccc1)N(Cc1cccc(Br)c1)C(=O)CN(c1cc(Cl)ccc1OC)S(=O)(=O)c1ccc(C)cc1. The second-order valence-corrected chi connectivity index (χ2v) is 13.6. The summed E-state index contributed by atoms with van der Waals surface area (Å²) >= 11 is 9.83. The third-order valence-electron chi connectivity index (χ3n) is 7.16. The minimum absolute atomic E-state index is 0.00831. The lowest BCUT2D eigenvalue weighted by Crippen LogP contribution is -2.53. The van der Waals surface area contributed by atoms with Crippen molar-refractivity contribution in [1.29, 1.82) is 0 Å². The number of ether oxygens (including phenoxy) is 1. The average molecular weight is 713 g/mol. The fourth-order valence-electron chi connectivity index (χ4n) is 4.89. The van der Waals surface area contributed by atoms with E-state index >= 15 is 0 Å². The lowest BCUT2D eigenvalue weighted by atomic mass is 10.0. The molecule has 1 atom stereocenters. The minimum atomic E-state index is -4.30. The van der Waals surface area contributed by atoms with Gasteiger partial charge in [0.2, 0.25) is 11.8 Å². The van der Waals surface area contributed by atoms with Gasteiger partial charge in [0.1, 0.15) is 18.3 Å². The minimum Gasteiger partial charge on any atom is -0.495 e. The van der Waals surface area contributed by atoms with Crippen LogP contribution in [0.3, 0.4) is 0 Å². The van der Waals surface area contributed by atoms with Gasteiger partial charge in [-0.2, -0.15) is 0 Å². The number of carbonyl (C=O) groups excluding carboxylic acids is 2. The Kier molecular flexibility index (Phi) is 11.7. The fraction of sp³-hybridized carbons (Fsp3) is 0.235. The maximum absolute atomic E-state index is 14.5. The number of methoxy groups -OCH3 is 1. The van der Waals surface area contributed by atoms with Crippen LogP contribution in [0.2, 0.25) is 5.02 Å². The molecule has 8 nitrogen and oxygen atoms in total. The van der Waals surface area contributed by atoms with Crippen LogP contribution < -0.4 is 14.4 Å². The number of nitrogens with one attached hydrogen (secondary N) is 1. The zero-order valence-electron chi connectivity index (χ0n) is 25.2. The van der Waals surface area contributed by atoms with E-state index in [1.165, 1.54) is 30.2 Å². The van der Waals surface area contributed by atoms with Crippen molar-refractivity contribution in [2.75, 3.05) is 24.5 Å². The summed E-state index contributed by atoms with van der Waals surface area (Å²) in [5.41, 5.74) is 2.58. The molecular weight excluding hydrogens is 678 g/mol. The Labute approximate surface area is 278 Å². The third-order valence-corrected chi connectivity index (χ3v) is 9.66. The highest BCUT2D eigenvalue weighted by molar-refractivity contribution is 9.10. The Hall–Kier alpha value is -3.86. The largest absolute Gasteiger partial charge is 0.495 e. The number of anilines is 1. The first-order valence-corrected chi connectivity index (χ1v) is 16.9. The van der Waals surface area contributed by atoms with E-state index in [9.17, 15) is 18.0 Å². The molecular formula is C34H35BrClN3O5S. The molecule has 0 aliphatic rings. The fourth-order valence-corrected chi connectivity index (χ4v) is 6.92. The molecule has 0 saturated carbocycles. The van der Waals surface area contributed by atoms with Gasteiger partial charge in [0.05, 0.1) is 17.7 Å². The van der Waals surface area contributed by atoms with Crippen LogP contribution in [0.25, 0.3) is 0 Å². The highest BCUT2D eigenvalue weighted by Gasteiger charge is 2.35. The van der Waals surface area contributed by atoms with Gasteiger partial charge in [-0.3, -0.25) is 13.9 Å². The van der Waals surface area contributed by atoms with E-state index in [1.807, 2.05) is 61.5 Å². The van der Waals surface area contributed by atoms with Gasteiger partial charge in [0.25, 0.3) is 10.0 Å². The van der Waals surface area contributed by atoms with E-state index in [2.05, 4.69) is 21.2 Å². The summed E-state index contributed by atoms with van der Waals surface area (Å²) in [4.78, 5) is 29.6. The molecule has 0 heterocycles. The van der Waals surface area contributed by atoms with Crippen molar-refractivity contribution in [2.45, 2.75) is 37.8 Å². The number of rotatable bonds is 13. The number of amides is 2. The molecule has 0 fully saturated rings. The molecule has 4 rings (SSSR count). The third kappa shape index (κ3) is 8.65. The smallest absolute Gasteiger partial charge is 0.264 e. The van der Waals surface area contributed by atoms with Gasteiger partial charge in [-0.15, -0.1) is 0 Å². The van der Waals surface area contributed by atoms with Gasteiger partial charge in [0, 0.05) is 29.0 Å². The molecule has 0 spiro atoms. The van der Waals surface area contributed by atoms with Crippen molar-refractivity contribution >= 4 is 55.1 Å². The van der Waals surface area contributed by atoms with Crippen molar-refractivity contribution in [3.05, 3.63) is 123 Å². The van der Waals surface area contributed by atoms with Gasteiger partial charge < -0.3 is 15.0 Å². The molecule has 45 heavy (non-hydrogen) atoms. The molecule has 4 aromatic rings. The van der Waals surface area contributed by atoms with Crippen molar-refractivity contribution in [3.8, 4) is 5.75 Å². The Morgan fingerprint density at radius 2 is 1.62 bits per heavy atom. The summed E-state index contributed by atoms with van der Waals surface area (Å²) in [6, 6.07) is 26.8. The number of halogens is 2. The summed E-state index contributed by atoms with van der Waals surface area (Å²) in [7, 11) is -2.89. The Morgan fingerprint density at radius 3 is 2.27 bits per heavy atom. The number of hydrogen-bond donors (Lipinski definition) is 1. The van der Waals surface area contributed by atoms with Gasteiger partial charge >= 0.3 is 0 Å². The van der Waals surface area contributed by atoms with Crippen molar-refractivity contribution in [3.63, 3.8) is 0 Å². The number of carbonyl (C=O) groups is 2. The maximum atomic E-state index is 14.5. The average Bonchev–Trinajstić information content (AvgIpc) is 3.02. The highest BCUT2D eigenvalue weighted by Crippen LogP contribution is 2.35. The normalized spacial score (nSPS) is 11.8. The Bertz CT molecular complexity index is 1740. The van der Waals surface area contributed by atoms with Crippen LogP contribution >= 0.6 is 27.5 Å².